The molecule has 0 bridgehead atoms. The summed E-state index contributed by atoms with van der Waals surface area (Å²) in [4.78, 5) is 16.3. The van der Waals surface area contributed by atoms with E-state index in [1.165, 1.54) is 16.0 Å². The predicted octanol–water partition coefficient (Wildman–Crippen LogP) is 5.19. The molecule has 3 aromatic rings. The van der Waals surface area contributed by atoms with Crippen LogP contribution in [0.25, 0.3) is 0 Å². The number of amides is 1. The SMILES string of the molecule is COc1ccc(C(=O)N2CCc3ccccc3C2)cc1CSc1ccccc1. The van der Waals surface area contributed by atoms with E-state index in [-0.39, 0.29) is 5.91 Å². The van der Waals surface area contributed by atoms with Gasteiger partial charge in [0.05, 0.1) is 7.11 Å². The zero-order valence-corrected chi connectivity index (χ0v) is 16.7. The summed E-state index contributed by atoms with van der Waals surface area (Å²) in [5, 5.41) is 0. The van der Waals surface area contributed by atoms with Crippen LogP contribution in [0.5, 0.6) is 5.75 Å². The molecule has 1 aliphatic rings. The van der Waals surface area contributed by atoms with Gasteiger partial charge >= 0.3 is 0 Å². The van der Waals surface area contributed by atoms with Crippen LogP contribution in [-0.2, 0) is 18.7 Å². The number of thioether (sulfide) groups is 1. The van der Waals surface area contributed by atoms with Crippen molar-refractivity contribution in [3.05, 3.63) is 95.1 Å². The molecule has 0 saturated carbocycles. The van der Waals surface area contributed by atoms with Gasteiger partial charge < -0.3 is 9.64 Å². The van der Waals surface area contributed by atoms with E-state index in [0.29, 0.717) is 6.54 Å². The molecular weight excluding hydrogens is 366 g/mol. The smallest absolute Gasteiger partial charge is 0.254 e. The highest BCUT2D eigenvalue weighted by atomic mass is 32.2. The standard InChI is InChI=1S/C24H23NO2S/c1-27-23-12-11-19(15-21(23)17-28-22-9-3-2-4-10-22)24(26)25-14-13-18-7-5-6-8-20(18)16-25/h2-12,15H,13-14,16-17H2,1H3. The molecule has 0 radical (unpaired) electrons. The molecule has 3 nitrogen and oxygen atoms in total. The number of nitrogens with zero attached hydrogens (tertiary/aromatic N) is 1. The van der Waals surface area contributed by atoms with Crippen LogP contribution in [-0.4, -0.2) is 24.5 Å². The summed E-state index contributed by atoms with van der Waals surface area (Å²) in [7, 11) is 1.68. The van der Waals surface area contributed by atoms with Gasteiger partial charge in [-0.05, 0) is 47.9 Å². The van der Waals surface area contributed by atoms with Crippen molar-refractivity contribution in [1.82, 2.24) is 4.90 Å². The number of carbonyl (C=O) groups excluding carboxylic acids is 1. The van der Waals surface area contributed by atoms with Crippen LogP contribution < -0.4 is 4.74 Å². The topological polar surface area (TPSA) is 29.5 Å². The molecular formula is C24H23NO2S. The minimum Gasteiger partial charge on any atom is -0.496 e. The van der Waals surface area contributed by atoms with Crippen LogP contribution >= 0.6 is 11.8 Å². The van der Waals surface area contributed by atoms with Gasteiger partial charge in [0, 0.05) is 34.9 Å². The number of benzene rings is 3. The van der Waals surface area contributed by atoms with Gasteiger partial charge in [-0.25, -0.2) is 0 Å². The van der Waals surface area contributed by atoms with Crippen molar-refractivity contribution in [2.45, 2.75) is 23.6 Å². The van der Waals surface area contributed by atoms with Gasteiger partial charge in [0.1, 0.15) is 5.75 Å². The van der Waals surface area contributed by atoms with Gasteiger partial charge in [0.15, 0.2) is 0 Å². The Morgan fingerprint density at radius 3 is 2.54 bits per heavy atom. The van der Waals surface area contributed by atoms with Crippen molar-refractivity contribution >= 4 is 17.7 Å². The van der Waals surface area contributed by atoms with Gasteiger partial charge in [-0.3, -0.25) is 4.79 Å². The first kappa shape index (κ1) is 18.6. The first-order valence-corrected chi connectivity index (χ1v) is 10.4. The maximum atomic E-state index is 13.1. The molecule has 0 aliphatic carbocycles. The highest BCUT2D eigenvalue weighted by molar-refractivity contribution is 7.98. The van der Waals surface area contributed by atoms with Crippen LogP contribution in [0.2, 0.25) is 0 Å². The molecule has 0 N–H and O–H groups in total. The monoisotopic (exact) mass is 389 g/mol. The zero-order valence-electron chi connectivity index (χ0n) is 15.9. The Balaban J connectivity index is 1.52. The lowest BCUT2D eigenvalue weighted by molar-refractivity contribution is 0.0734. The van der Waals surface area contributed by atoms with Crippen molar-refractivity contribution < 1.29 is 9.53 Å². The van der Waals surface area contributed by atoms with Crippen molar-refractivity contribution in [1.29, 1.82) is 0 Å². The molecule has 0 spiro atoms. The van der Waals surface area contributed by atoms with E-state index in [1.807, 2.05) is 47.4 Å². The molecule has 0 aromatic heterocycles. The van der Waals surface area contributed by atoms with Crippen LogP contribution in [0.15, 0.2) is 77.7 Å². The fourth-order valence-corrected chi connectivity index (χ4v) is 4.45. The van der Waals surface area contributed by atoms with E-state index in [4.69, 9.17) is 4.74 Å². The Bertz CT molecular complexity index is 971. The Morgan fingerprint density at radius 2 is 1.75 bits per heavy atom. The molecule has 1 heterocycles. The maximum absolute atomic E-state index is 13.1. The Hall–Kier alpha value is -2.72. The summed E-state index contributed by atoms with van der Waals surface area (Å²) in [6.07, 6.45) is 0.911. The number of fused-ring (bicyclic) bond motifs is 1. The minimum atomic E-state index is 0.0862. The average Bonchev–Trinajstić information content (AvgIpc) is 2.77. The van der Waals surface area contributed by atoms with Crippen molar-refractivity contribution in [3.63, 3.8) is 0 Å². The first-order valence-electron chi connectivity index (χ1n) is 9.45. The molecule has 0 atom stereocenters. The maximum Gasteiger partial charge on any atom is 0.254 e. The number of ether oxygens (including phenoxy) is 1. The van der Waals surface area contributed by atoms with Gasteiger partial charge in [-0.1, -0.05) is 42.5 Å². The number of methoxy groups -OCH3 is 1. The van der Waals surface area contributed by atoms with E-state index >= 15 is 0 Å². The molecule has 0 fully saturated rings. The van der Waals surface area contributed by atoms with Gasteiger partial charge in [-0.15, -0.1) is 11.8 Å². The third-order valence-corrected chi connectivity index (χ3v) is 6.14. The average molecular weight is 390 g/mol. The van der Waals surface area contributed by atoms with E-state index in [2.05, 4.69) is 30.3 Å². The summed E-state index contributed by atoms with van der Waals surface area (Å²) in [5.74, 6) is 1.67. The van der Waals surface area contributed by atoms with Crippen LogP contribution in [0.1, 0.15) is 27.0 Å². The number of hydrogen-bond acceptors (Lipinski definition) is 3. The molecule has 28 heavy (non-hydrogen) atoms. The van der Waals surface area contributed by atoms with Crippen molar-refractivity contribution in [2.75, 3.05) is 13.7 Å². The molecule has 0 saturated heterocycles. The summed E-state index contributed by atoms with van der Waals surface area (Å²) in [6, 6.07) is 24.4. The quantitative estimate of drug-likeness (QED) is 0.563. The van der Waals surface area contributed by atoms with E-state index in [1.54, 1.807) is 18.9 Å². The molecule has 4 rings (SSSR count). The molecule has 1 aliphatic heterocycles. The highest BCUT2D eigenvalue weighted by Crippen LogP contribution is 2.29. The van der Waals surface area contributed by atoms with E-state index in [9.17, 15) is 4.79 Å². The lowest BCUT2D eigenvalue weighted by Gasteiger charge is -2.29. The predicted molar refractivity (Wildman–Crippen MR) is 114 cm³/mol. The van der Waals surface area contributed by atoms with Crippen LogP contribution in [0, 0.1) is 0 Å². The van der Waals surface area contributed by atoms with E-state index in [0.717, 1.165) is 35.6 Å². The first-order chi connectivity index (χ1) is 13.7. The summed E-state index contributed by atoms with van der Waals surface area (Å²) in [6.45, 7) is 1.44. The van der Waals surface area contributed by atoms with Crippen LogP contribution in [0.4, 0.5) is 0 Å². The van der Waals surface area contributed by atoms with Gasteiger partial charge in [0.25, 0.3) is 5.91 Å². The third-order valence-electron chi connectivity index (χ3n) is 5.08. The Kier molecular flexibility index (Phi) is 5.68. The van der Waals surface area contributed by atoms with Crippen molar-refractivity contribution in [2.24, 2.45) is 0 Å². The zero-order chi connectivity index (χ0) is 19.3. The molecule has 4 heteroatoms. The molecule has 1 amide bonds. The number of hydrogen-bond donors (Lipinski definition) is 0. The Morgan fingerprint density at radius 1 is 1.00 bits per heavy atom. The van der Waals surface area contributed by atoms with Gasteiger partial charge in [-0.2, -0.15) is 0 Å². The second-order valence-corrected chi connectivity index (χ2v) is 7.92. The second-order valence-electron chi connectivity index (χ2n) is 6.87. The lowest BCUT2D eigenvalue weighted by Crippen LogP contribution is -2.35. The summed E-state index contributed by atoms with van der Waals surface area (Å²) < 4.78 is 5.52. The normalized spacial score (nSPS) is 13.1. The van der Waals surface area contributed by atoms with Crippen LogP contribution in [0.3, 0.4) is 0 Å². The lowest BCUT2D eigenvalue weighted by atomic mass is 9.99. The molecule has 3 aromatic carbocycles. The number of carbonyl (C=O) groups is 1. The fourth-order valence-electron chi connectivity index (χ4n) is 3.55. The molecule has 142 valence electrons. The van der Waals surface area contributed by atoms with Gasteiger partial charge in [0.2, 0.25) is 0 Å². The fraction of sp³-hybridized carbons (Fsp3) is 0.208. The van der Waals surface area contributed by atoms with Crippen molar-refractivity contribution in [3.8, 4) is 5.75 Å². The summed E-state index contributed by atoms with van der Waals surface area (Å²) >= 11 is 1.74. The second kappa shape index (κ2) is 8.53. The number of rotatable bonds is 5. The largest absolute Gasteiger partial charge is 0.496 e. The molecule has 0 unspecified atom stereocenters. The highest BCUT2D eigenvalue weighted by Gasteiger charge is 2.22. The Labute approximate surface area is 170 Å². The summed E-state index contributed by atoms with van der Waals surface area (Å²) in [5.41, 5.74) is 4.36. The minimum absolute atomic E-state index is 0.0862. The third kappa shape index (κ3) is 4.07. The van der Waals surface area contributed by atoms with E-state index < -0.39 is 0 Å².